The zero-order valence-electron chi connectivity index (χ0n) is 10.5. The Labute approximate surface area is 102 Å². The van der Waals surface area contributed by atoms with Crippen LogP contribution in [0.3, 0.4) is 0 Å². The SMILES string of the molecule is CCCO[C@@H](Cc1ccc(CC)cc1)C(=O)O. The molecule has 0 radical (unpaired) electrons. The largest absolute Gasteiger partial charge is 0.479 e. The van der Waals surface area contributed by atoms with Gasteiger partial charge in [0.1, 0.15) is 0 Å². The molecule has 3 nitrogen and oxygen atoms in total. The van der Waals surface area contributed by atoms with E-state index in [9.17, 15) is 4.79 Å². The summed E-state index contributed by atoms with van der Waals surface area (Å²) in [6, 6.07) is 8.02. The molecule has 0 spiro atoms. The minimum absolute atomic E-state index is 0.430. The van der Waals surface area contributed by atoms with Crippen molar-refractivity contribution in [2.45, 2.75) is 39.2 Å². The van der Waals surface area contributed by atoms with Crippen LogP contribution in [0.25, 0.3) is 0 Å². The Hall–Kier alpha value is -1.35. The molecule has 1 rings (SSSR count). The third kappa shape index (κ3) is 4.57. The molecule has 3 heteroatoms. The second-order valence-electron chi connectivity index (χ2n) is 4.07. The van der Waals surface area contributed by atoms with Crippen LogP contribution in [0, 0.1) is 0 Å². The van der Waals surface area contributed by atoms with Gasteiger partial charge in [-0.2, -0.15) is 0 Å². The van der Waals surface area contributed by atoms with Gasteiger partial charge in [0.2, 0.25) is 0 Å². The molecule has 0 aliphatic heterocycles. The maximum absolute atomic E-state index is 11.0. The Morgan fingerprint density at radius 1 is 1.24 bits per heavy atom. The molecule has 1 aromatic rings. The molecular formula is C14H20O3. The number of carboxylic acids is 1. The van der Waals surface area contributed by atoms with E-state index < -0.39 is 12.1 Å². The van der Waals surface area contributed by atoms with Crippen molar-refractivity contribution in [2.75, 3.05) is 6.61 Å². The van der Waals surface area contributed by atoms with Gasteiger partial charge >= 0.3 is 5.97 Å². The van der Waals surface area contributed by atoms with Crippen LogP contribution in [0.5, 0.6) is 0 Å². The number of carbonyl (C=O) groups is 1. The number of hydrogen-bond donors (Lipinski definition) is 1. The number of rotatable bonds is 7. The lowest BCUT2D eigenvalue weighted by molar-refractivity contribution is -0.150. The van der Waals surface area contributed by atoms with Crippen molar-refractivity contribution in [3.8, 4) is 0 Å². The molecule has 0 aliphatic carbocycles. The van der Waals surface area contributed by atoms with Crippen molar-refractivity contribution in [2.24, 2.45) is 0 Å². The molecule has 1 aromatic carbocycles. The molecule has 0 saturated heterocycles. The molecule has 0 bridgehead atoms. The van der Waals surface area contributed by atoms with Gasteiger partial charge in [0.15, 0.2) is 6.10 Å². The highest BCUT2D eigenvalue weighted by Crippen LogP contribution is 2.10. The first-order valence-corrected chi connectivity index (χ1v) is 6.09. The summed E-state index contributed by atoms with van der Waals surface area (Å²) in [7, 11) is 0. The van der Waals surface area contributed by atoms with Gasteiger partial charge in [0.25, 0.3) is 0 Å². The first-order valence-electron chi connectivity index (χ1n) is 6.09. The highest BCUT2D eigenvalue weighted by Gasteiger charge is 2.17. The number of carboxylic acid groups (broad SMARTS) is 1. The van der Waals surface area contributed by atoms with E-state index >= 15 is 0 Å². The summed E-state index contributed by atoms with van der Waals surface area (Å²) >= 11 is 0. The first kappa shape index (κ1) is 13.7. The highest BCUT2D eigenvalue weighted by molar-refractivity contribution is 5.72. The highest BCUT2D eigenvalue weighted by atomic mass is 16.5. The lowest BCUT2D eigenvalue weighted by Gasteiger charge is -2.13. The van der Waals surface area contributed by atoms with Crippen molar-refractivity contribution in [1.29, 1.82) is 0 Å². The molecule has 0 fully saturated rings. The van der Waals surface area contributed by atoms with Crippen LogP contribution in [0.15, 0.2) is 24.3 Å². The lowest BCUT2D eigenvalue weighted by Crippen LogP contribution is -2.26. The predicted molar refractivity (Wildman–Crippen MR) is 67.2 cm³/mol. The van der Waals surface area contributed by atoms with Crippen LogP contribution in [0.1, 0.15) is 31.4 Å². The molecule has 0 unspecified atom stereocenters. The van der Waals surface area contributed by atoms with E-state index in [1.807, 2.05) is 31.2 Å². The summed E-state index contributed by atoms with van der Waals surface area (Å²) < 4.78 is 5.31. The molecule has 1 atom stereocenters. The Morgan fingerprint density at radius 2 is 1.82 bits per heavy atom. The molecular weight excluding hydrogens is 216 g/mol. The summed E-state index contributed by atoms with van der Waals surface area (Å²) in [6.07, 6.45) is 1.52. The van der Waals surface area contributed by atoms with E-state index in [0.29, 0.717) is 13.0 Å². The van der Waals surface area contributed by atoms with Gasteiger partial charge in [-0.3, -0.25) is 0 Å². The molecule has 94 valence electrons. The van der Waals surface area contributed by atoms with E-state index in [4.69, 9.17) is 9.84 Å². The van der Waals surface area contributed by atoms with Gasteiger partial charge in [0.05, 0.1) is 0 Å². The van der Waals surface area contributed by atoms with Crippen LogP contribution >= 0.6 is 0 Å². The van der Waals surface area contributed by atoms with Crippen LogP contribution in [-0.2, 0) is 22.4 Å². The van der Waals surface area contributed by atoms with Crippen LogP contribution in [-0.4, -0.2) is 23.8 Å². The average Bonchev–Trinajstić information content (AvgIpc) is 2.35. The van der Waals surface area contributed by atoms with E-state index in [1.54, 1.807) is 0 Å². The van der Waals surface area contributed by atoms with Crippen molar-refractivity contribution in [3.63, 3.8) is 0 Å². The van der Waals surface area contributed by atoms with Crippen molar-refractivity contribution < 1.29 is 14.6 Å². The molecule has 0 heterocycles. The molecule has 0 aromatic heterocycles. The monoisotopic (exact) mass is 236 g/mol. The Kier molecular flexibility index (Phi) is 5.70. The maximum Gasteiger partial charge on any atom is 0.333 e. The lowest BCUT2D eigenvalue weighted by atomic mass is 10.0. The van der Waals surface area contributed by atoms with Gasteiger partial charge < -0.3 is 9.84 Å². The fourth-order valence-corrected chi connectivity index (χ4v) is 1.60. The Bertz CT molecular complexity index is 343. The Balaban J connectivity index is 2.61. The van der Waals surface area contributed by atoms with Crippen LogP contribution in [0.2, 0.25) is 0 Å². The van der Waals surface area contributed by atoms with E-state index in [1.165, 1.54) is 5.56 Å². The number of aliphatic carboxylic acids is 1. The zero-order valence-corrected chi connectivity index (χ0v) is 10.5. The van der Waals surface area contributed by atoms with Gasteiger partial charge in [-0.15, -0.1) is 0 Å². The van der Waals surface area contributed by atoms with Gasteiger partial charge in [0, 0.05) is 13.0 Å². The molecule has 0 aliphatic rings. The fourth-order valence-electron chi connectivity index (χ4n) is 1.60. The normalized spacial score (nSPS) is 12.4. The zero-order chi connectivity index (χ0) is 12.7. The van der Waals surface area contributed by atoms with Crippen LogP contribution < -0.4 is 0 Å². The van der Waals surface area contributed by atoms with Crippen molar-refractivity contribution >= 4 is 5.97 Å². The van der Waals surface area contributed by atoms with E-state index in [2.05, 4.69) is 6.92 Å². The number of benzene rings is 1. The summed E-state index contributed by atoms with van der Waals surface area (Å²) in [5.74, 6) is -0.891. The minimum Gasteiger partial charge on any atom is -0.479 e. The first-order chi connectivity index (χ1) is 8.17. The number of aryl methyl sites for hydroxylation is 1. The average molecular weight is 236 g/mol. The smallest absolute Gasteiger partial charge is 0.333 e. The number of ether oxygens (including phenoxy) is 1. The Morgan fingerprint density at radius 3 is 2.29 bits per heavy atom. The summed E-state index contributed by atoms with van der Waals surface area (Å²) in [5, 5.41) is 9.04. The second-order valence-corrected chi connectivity index (χ2v) is 4.07. The maximum atomic E-state index is 11.0. The van der Waals surface area contributed by atoms with Gasteiger partial charge in [-0.25, -0.2) is 4.79 Å². The van der Waals surface area contributed by atoms with E-state index in [0.717, 1.165) is 18.4 Å². The van der Waals surface area contributed by atoms with E-state index in [-0.39, 0.29) is 0 Å². The topological polar surface area (TPSA) is 46.5 Å². The molecule has 0 saturated carbocycles. The second kappa shape index (κ2) is 7.07. The number of hydrogen-bond acceptors (Lipinski definition) is 2. The van der Waals surface area contributed by atoms with Crippen molar-refractivity contribution in [3.05, 3.63) is 35.4 Å². The predicted octanol–water partition coefficient (Wildman–Crippen LogP) is 2.67. The molecule has 0 amide bonds. The van der Waals surface area contributed by atoms with Crippen LogP contribution in [0.4, 0.5) is 0 Å². The standard InChI is InChI=1S/C14H20O3/c1-3-9-17-13(14(15)16)10-12-7-5-11(4-2)6-8-12/h5-8,13H,3-4,9-10H2,1-2H3,(H,15,16)/t13-/m0/s1. The minimum atomic E-state index is -0.891. The third-order valence-electron chi connectivity index (χ3n) is 2.65. The van der Waals surface area contributed by atoms with Gasteiger partial charge in [-0.1, -0.05) is 38.1 Å². The quantitative estimate of drug-likeness (QED) is 0.791. The molecule has 1 N–H and O–H groups in total. The summed E-state index contributed by atoms with van der Waals surface area (Å²) in [4.78, 5) is 11.0. The molecule has 17 heavy (non-hydrogen) atoms. The summed E-state index contributed by atoms with van der Waals surface area (Å²) in [6.45, 7) is 4.55. The fraction of sp³-hybridized carbons (Fsp3) is 0.500. The summed E-state index contributed by atoms with van der Waals surface area (Å²) in [5.41, 5.74) is 2.26. The van der Waals surface area contributed by atoms with Gasteiger partial charge in [-0.05, 0) is 24.0 Å². The van der Waals surface area contributed by atoms with Crippen molar-refractivity contribution in [1.82, 2.24) is 0 Å². The third-order valence-corrected chi connectivity index (χ3v) is 2.65.